The van der Waals surface area contributed by atoms with Crippen molar-refractivity contribution in [1.82, 2.24) is 4.90 Å². The molecule has 1 saturated carbocycles. The maximum absolute atomic E-state index is 4.64. The van der Waals surface area contributed by atoms with Crippen LogP contribution in [0.4, 0.5) is 0 Å². The second-order valence-corrected chi connectivity index (χ2v) is 6.49. The first-order valence-corrected chi connectivity index (χ1v) is 7.71. The van der Waals surface area contributed by atoms with Crippen LogP contribution in [0.15, 0.2) is 0 Å². The summed E-state index contributed by atoms with van der Waals surface area (Å²) >= 11 is 4.64. The lowest BCUT2D eigenvalue weighted by Gasteiger charge is -2.42. The Morgan fingerprint density at radius 3 is 2.31 bits per heavy atom. The maximum Gasteiger partial charge on any atom is 0.00458 e. The van der Waals surface area contributed by atoms with E-state index in [1.54, 1.807) is 0 Å². The summed E-state index contributed by atoms with van der Waals surface area (Å²) < 4.78 is 0. The average molecular weight is 241 g/mol. The van der Waals surface area contributed by atoms with Gasteiger partial charge in [0.05, 0.1) is 0 Å². The van der Waals surface area contributed by atoms with Crippen LogP contribution in [-0.4, -0.2) is 30.3 Å². The van der Waals surface area contributed by atoms with Crippen LogP contribution in [0.1, 0.15) is 51.9 Å². The summed E-state index contributed by atoms with van der Waals surface area (Å²) in [5.74, 6) is 2.05. The smallest absolute Gasteiger partial charge is 0.00458 e. The molecule has 1 nitrogen and oxygen atoms in total. The molecule has 2 fully saturated rings. The Kier molecular flexibility index (Phi) is 4.60. The van der Waals surface area contributed by atoms with Gasteiger partial charge in [-0.05, 0) is 55.9 Å². The molecule has 1 saturated heterocycles. The summed E-state index contributed by atoms with van der Waals surface area (Å²) in [6, 6.07) is 0. The van der Waals surface area contributed by atoms with Crippen molar-refractivity contribution in [1.29, 1.82) is 0 Å². The van der Waals surface area contributed by atoms with Crippen LogP contribution in [0.2, 0.25) is 0 Å². The zero-order valence-corrected chi connectivity index (χ0v) is 11.6. The van der Waals surface area contributed by atoms with Crippen LogP contribution >= 0.6 is 12.6 Å². The molecule has 0 aromatic rings. The molecule has 0 N–H and O–H groups in total. The highest BCUT2D eigenvalue weighted by molar-refractivity contribution is 7.80. The number of likely N-dealkylation sites (tertiary alicyclic amines) is 1. The van der Waals surface area contributed by atoms with E-state index < -0.39 is 0 Å². The Bertz CT molecular complexity index is 203. The highest BCUT2D eigenvalue weighted by Crippen LogP contribution is 2.38. The summed E-state index contributed by atoms with van der Waals surface area (Å²) in [6.07, 6.45) is 9.97. The predicted octanol–water partition coefficient (Wildman–Crippen LogP) is 3.60. The fourth-order valence-corrected chi connectivity index (χ4v) is 3.78. The summed E-state index contributed by atoms with van der Waals surface area (Å²) in [6.45, 7) is 6.38. The number of hydrogen-bond donors (Lipinski definition) is 1. The lowest BCUT2D eigenvalue weighted by Crippen LogP contribution is -2.43. The van der Waals surface area contributed by atoms with E-state index in [9.17, 15) is 0 Å². The van der Waals surface area contributed by atoms with Gasteiger partial charge in [-0.3, -0.25) is 0 Å². The third kappa shape index (κ3) is 3.16. The minimum Gasteiger partial charge on any atom is -0.303 e. The van der Waals surface area contributed by atoms with Gasteiger partial charge in [-0.2, -0.15) is 12.6 Å². The van der Waals surface area contributed by atoms with Gasteiger partial charge in [0.15, 0.2) is 0 Å². The van der Waals surface area contributed by atoms with Gasteiger partial charge >= 0.3 is 0 Å². The van der Waals surface area contributed by atoms with E-state index >= 15 is 0 Å². The van der Waals surface area contributed by atoms with E-state index in [2.05, 4.69) is 24.5 Å². The van der Waals surface area contributed by atoms with E-state index in [0.29, 0.717) is 5.41 Å². The highest BCUT2D eigenvalue weighted by Gasteiger charge is 2.33. The molecular weight excluding hydrogens is 214 g/mol. The molecule has 2 heteroatoms. The second-order valence-electron chi connectivity index (χ2n) is 6.18. The molecular formula is C14H27NS. The Morgan fingerprint density at radius 2 is 1.75 bits per heavy atom. The molecule has 94 valence electrons. The first-order valence-electron chi connectivity index (χ1n) is 7.07. The fraction of sp³-hybridized carbons (Fsp3) is 1.00. The number of hydrogen-bond acceptors (Lipinski definition) is 2. The van der Waals surface area contributed by atoms with E-state index in [0.717, 1.165) is 11.7 Å². The minimum absolute atomic E-state index is 0.557. The third-order valence-electron chi connectivity index (χ3n) is 4.68. The van der Waals surface area contributed by atoms with Gasteiger partial charge in [0.1, 0.15) is 0 Å². The molecule has 16 heavy (non-hydrogen) atoms. The Morgan fingerprint density at radius 1 is 1.12 bits per heavy atom. The van der Waals surface area contributed by atoms with Crippen LogP contribution in [0.25, 0.3) is 0 Å². The van der Waals surface area contributed by atoms with Crippen molar-refractivity contribution in [3.8, 4) is 0 Å². The number of piperidine rings is 1. The molecule has 0 atom stereocenters. The Labute approximate surface area is 106 Å². The normalized spacial score (nSPS) is 28.1. The van der Waals surface area contributed by atoms with Crippen molar-refractivity contribution in [3.63, 3.8) is 0 Å². The SMILES string of the molecule is CC1CCN(CC2(CS)CCCCC2)CC1. The summed E-state index contributed by atoms with van der Waals surface area (Å²) in [5, 5.41) is 0. The first-order chi connectivity index (χ1) is 7.74. The fourth-order valence-electron chi connectivity index (χ4n) is 3.36. The van der Waals surface area contributed by atoms with Crippen LogP contribution in [-0.2, 0) is 0 Å². The van der Waals surface area contributed by atoms with Crippen molar-refractivity contribution in [2.75, 3.05) is 25.4 Å². The monoisotopic (exact) mass is 241 g/mol. The van der Waals surface area contributed by atoms with Crippen LogP contribution < -0.4 is 0 Å². The van der Waals surface area contributed by atoms with Gasteiger partial charge in [0.25, 0.3) is 0 Å². The standard InChI is InChI=1S/C14H27NS/c1-13-5-9-15(10-6-13)11-14(12-16)7-3-2-4-8-14/h13,16H,2-12H2,1H3. The second kappa shape index (κ2) is 5.77. The molecule has 0 unspecified atom stereocenters. The zero-order chi connectivity index (χ0) is 11.4. The maximum atomic E-state index is 4.64. The summed E-state index contributed by atoms with van der Waals surface area (Å²) in [5.41, 5.74) is 0.557. The van der Waals surface area contributed by atoms with Crippen molar-refractivity contribution >= 4 is 12.6 Å². The lowest BCUT2D eigenvalue weighted by molar-refractivity contribution is 0.0980. The Balaban J connectivity index is 1.86. The van der Waals surface area contributed by atoms with Crippen LogP contribution in [0.3, 0.4) is 0 Å². The largest absolute Gasteiger partial charge is 0.303 e. The van der Waals surface area contributed by atoms with E-state index in [-0.39, 0.29) is 0 Å². The molecule has 0 amide bonds. The van der Waals surface area contributed by atoms with Gasteiger partial charge in [0, 0.05) is 6.54 Å². The average Bonchev–Trinajstić information content (AvgIpc) is 2.33. The van der Waals surface area contributed by atoms with E-state index in [4.69, 9.17) is 0 Å². The quantitative estimate of drug-likeness (QED) is 0.739. The molecule has 1 aliphatic heterocycles. The van der Waals surface area contributed by atoms with Crippen molar-refractivity contribution in [2.45, 2.75) is 51.9 Å². The minimum atomic E-state index is 0.557. The zero-order valence-electron chi connectivity index (χ0n) is 10.7. The molecule has 0 spiro atoms. The Hall–Kier alpha value is 0.310. The molecule has 0 radical (unpaired) electrons. The van der Waals surface area contributed by atoms with Crippen LogP contribution in [0.5, 0.6) is 0 Å². The molecule has 0 bridgehead atoms. The molecule has 2 rings (SSSR count). The molecule has 1 heterocycles. The van der Waals surface area contributed by atoms with Crippen molar-refractivity contribution in [2.24, 2.45) is 11.3 Å². The predicted molar refractivity (Wildman–Crippen MR) is 74.2 cm³/mol. The highest BCUT2D eigenvalue weighted by atomic mass is 32.1. The van der Waals surface area contributed by atoms with E-state index in [1.807, 2.05) is 0 Å². The van der Waals surface area contributed by atoms with Gasteiger partial charge < -0.3 is 4.90 Å². The summed E-state index contributed by atoms with van der Waals surface area (Å²) in [4.78, 5) is 2.71. The number of nitrogens with zero attached hydrogens (tertiary/aromatic N) is 1. The van der Waals surface area contributed by atoms with Crippen molar-refractivity contribution in [3.05, 3.63) is 0 Å². The van der Waals surface area contributed by atoms with Gasteiger partial charge in [-0.25, -0.2) is 0 Å². The topological polar surface area (TPSA) is 3.24 Å². The first kappa shape index (κ1) is 12.8. The van der Waals surface area contributed by atoms with Gasteiger partial charge in [-0.15, -0.1) is 0 Å². The number of rotatable bonds is 3. The van der Waals surface area contributed by atoms with E-state index in [1.165, 1.54) is 64.6 Å². The van der Waals surface area contributed by atoms with Gasteiger partial charge in [-0.1, -0.05) is 26.2 Å². The number of thiol groups is 1. The molecule has 1 aliphatic carbocycles. The summed E-state index contributed by atoms with van der Waals surface area (Å²) in [7, 11) is 0. The third-order valence-corrected chi connectivity index (χ3v) is 5.36. The van der Waals surface area contributed by atoms with Crippen molar-refractivity contribution < 1.29 is 0 Å². The van der Waals surface area contributed by atoms with Gasteiger partial charge in [0.2, 0.25) is 0 Å². The molecule has 2 aliphatic rings. The lowest BCUT2D eigenvalue weighted by atomic mass is 9.75. The van der Waals surface area contributed by atoms with Crippen LogP contribution in [0, 0.1) is 11.3 Å². The molecule has 0 aromatic carbocycles. The molecule has 0 aromatic heterocycles.